The number of aliphatic hydroxyl groups is 1. The molecule has 0 radical (unpaired) electrons. The van der Waals surface area contributed by atoms with Crippen LogP contribution in [0.25, 0.3) is 0 Å². The van der Waals surface area contributed by atoms with E-state index in [1.165, 1.54) is 0 Å². The molecule has 0 saturated carbocycles. The fourth-order valence-corrected chi connectivity index (χ4v) is 1.15. The number of nitrogens with two attached hydrogens (primary N) is 2. The van der Waals surface area contributed by atoms with Gasteiger partial charge < -0.3 is 21.1 Å². The van der Waals surface area contributed by atoms with Crippen LogP contribution in [0.1, 0.15) is 18.2 Å². The van der Waals surface area contributed by atoms with Gasteiger partial charge in [0.15, 0.2) is 0 Å². The van der Waals surface area contributed by atoms with Crippen molar-refractivity contribution in [1.82, 2.24) is 9.55 Å². The second-order valence-electron chi connectivity index (χ2n) is 3.02. The molecule has 1 unspecified atom stereocenters. The smallest absolute Gasteiger partial charge is 0.219 e. The van der Waals surface area contributed by atoms with Crippen molar-refractivity contribution in [1.29, 1.82) is 0 Å². The van der Waals surface area contributed by atoms with Crippen LogP contribution in [0.4, 0.5) is 0 Å². The SMILES string of the molecule is NC(=O)CCn1cncc1C(N)CO. The van der Waals surface area contributed by atoms with E-state index in [0.717, 1.165) is 0 Å². The third kappa shape index (κ3) is 2.54. The maximum Gasteiger partial charge on any atom is 0.219 e. The Morgan fingerprint density at radius 3 is 3.00 bits per heavy atom. The summed E-state index contributed by atoms with van der Waals surface area (Å²) in [4.78, 5) is 14.4. The molecule has 0 aliphatic carbocycles. The predicted molar refractivity (Wildman–Crippen MR) is 50.1 cm³/mol. The minimum absolute atomic E-state index is 0.151. The number of amides is 1. The highest BCUT2D eigenvalue weighted by Gasteiger charge is 2.10. The van der Waals surface area contributed by atoms with Crippen LogP contribution in [0.5, 0.6) is 0 Å². The first-order valence-electron chi connectivity index (χ1n) is 4.30. The maximum atomic E-state index is 10.6. The van der Waals surface area contributed by atoms with Crippen LogP contribution >= 0.6 is 0 Å². The van der Waals surface area contributed by atoms with E-state index in [9.17, 15) is 4.79 Å². The number of primary amides is 1. The molecule has 0 fully saturated rings. The molecule has 1 amide bonds. The monoisotopic (exact) mass is 198 g/mol. The zero-order valence-electron chi connectivity index (χ0n) is 7.76. The van der Waals surface area contributed by atoms with E-state index in [-0.39, 0.29) is 18.9 Å². The summed E-state index contributed by atoms with van der Waals surface area (Å²) >= 11 is 0. The van der Waals surface area contributed by atoms with E-state index >= 15 is 0 Å². The van der Waals surface area contributed by atoms with E-state index < -0.39 is 6.04 Å². The Labute approximate surface area is 81.5 Å². The van der Waals surface area contributed by atoms with Gasteiger partial charge in [-0.05, 0) is 0 Å². The minimum atomic E-state index is -0.467. The van der Waals surface area contributed by atoms with Gasteiger partial charge in [-0.1, -0.05) is 0 Å². The predicted octanol–water partition coefficient (Wildman–Crippen LogP) is -1.25. The van der Waals surface area contributed by atoms with Crippen LogP contribution in [0.15, 0.2) is 12.5 Å². The summed E-state index contributed by atoms with van der Waals surface area (Å²) in [6.45, 7) is 0.292. The molecular formula is C8H14N4O2. The summed E-state index contributed by atoms with van der Waals surface area (Å²) in [6.07, 6.45) is 3.37. The van der Waals surface area contributed by atoms with Crippen molar-refractivity contribution in [3.05, 3.63) is 18.2 Å². The molecule has 1 atom stereocenters. The lowest BCUT2D eigenvalue weighted by Gasteiger charge is -2.11. The van der Waals surface area contributed by atoms with Gasteiger partial charge in [-0.3, -0.25) is 4.79 Å². The number of aromatic nitrogens is 2. The molecule has 5 N–H and O–H groups in total. The fraction of sp³-hybridized carbons (Fsp3) is 0.500. The highest BCUT2D eigenvalue weighted by molar-refractivity contribution is 5.73. The lowest BCUT2D eigenvalue weighted by molar-refractivity contribution is -0.118. The quantitative estimate of drug-likeness (QED) is 0.549. The summed E-state index contributed by atoms with van der Waals surface area (Å²) in [5.41, 5.74) is 11.3. The zero-order chi connectivity index (χ0) is 10.6. The maximum absolute atomic E-state index is 10.6. The first-order valence-corrected chi connectivity index (χ1v) is 4.30. The van der Waals surface area contributed by atoms with Gasteiger partial charge in [0.05, 0.1) is 24.7 Å². The molecule has 1 rings (SSSR count). The molecule has 0 saturated heterocycles. The third-order valence-corrected chi connectivity index (χ3v) is 1.92. The molecule has 0 aromatic carbocycles. The first kappa shape index (κ1) is 10.7. The number of aryl methyl sites for hydroxylation is 1. The average Bonchev–Trinajstić information content (AvgIpc) is 2.61. The van der Waals surface area contributed by atoms with Crippen LogP contribution in [0.3, 0.4) is 0 Å². The highest BCUT2D eigenvalue weighted by atomic mass is 16.3. The summed E-state index contributed by atoms with van der Waals surface area (Å²) < 4.78 is 1.71. The standard InChI is InChI=1S/C8H14N4O2/c9-6(4-13)7-3-11-5-12(7)2-1-8(10)14/h3,5-6,13H,1-2,4,9H2,(H2,10,14). The summed E-state index contributed by atoms with van der Waals surface area (Å²) in [6, 6.07) is -0.467. The molecule has 1 aromatic rings. The van der Waals surface area contributed by atoms with Gasteiger partial charge in [-0.25, -0.2) is 4.98 Å². The van der Waals surface area contributed by atoms with Crippen LogP contribution in [-0.2, 0) is 11.3 Å². The normalized spacial score (nSPS) is 12.7. The van der Waals surface area contributed by atoms with Gasteiger partial charge in [0.1, 0.15) is 0 Å². The Balaban J connectivity index is 2.67. The van der Waals surface area contributed by atoms with Crippen molar-refractivity contribution in [2.45, 2.75) is 19.0 Å². The molecule has 0 spiro atoms. The molecule has 1 aromatic heterocycles. The molecule has 6 nitrogen and oxygen atoms in total. The zero-order valence-corrected chi connectivity index (χ0v) is 7.76. The van der Waals surface area contributed by atoms with E-state index in [4.69, 9.17) is 16.6 Å². The van der Waals surface area contributed by atoms with Crippen LogP contribution in [-0.4, -0.2) is 27.2 Å². The number of rotatable bonds is 5. The van der Waals surface area contributed by atoms with E-state index in [1.54, 1.807) is 17.1 Å². The van der Waals surface area contributed by atoms with Gasteiger partial charge in [-0.2, -0.15) is 0 Å². The summed E-state index contributed by atoms with van der Waals surface area (Å²) in [5.74, 6) is -0.373. The molecule has 1 heterocycles. The van der Waals surface area contributed by atoms with E-state index in [2.05, 4.69) is 4.98 Å². The van der Waals surface area contributed by atoms with Crippen molar-refractivity contribution in [3.8, 4) is 0 Å². The van der Waals surface area contributed by atoms with Gasteiger partial charge in [-0.15, -0.1) is 0 Å². The van der Waals surface area contributed by atoms with E-state index in [1.807, 2.05) is 0 Å². The molecule has 14 heavy (non-hydrogen) atoms. The van der Waals surface area contributed by atoms with Crippen molar-refractivity contribution in [2.75, 3.05) is 6.61 Å². The number of hydrogen-bond donors (Lipinski definition) is 3. The van der Waals surface area contributed by atoms with Gasteiger partial charge in [0.2, 0.25) is 5.91 Å². The number of carbonyl (C=O) groups is 1. The average molecular weight is 198 g/mol. The second-order valence-corrected chi connectivity index (χ2v) is 3.02. The largest absolute Gasteiger partial charge is 0.394 e. The second kappa shape index (κ2) is 4.73. The van der Waals surface area contributed by atoms with Crippen molar-refractivity contribution >= 4 is 5.91 Å². The molecule has 6 heteroatoms. The van der Waals surface area contributed by atoms with E-state index in [0.29, 0.717) is 12.2 Å². The summed E-state index contributed by atoms with van der Waals surface area (Å²) in [5, 5.41) is 8.85. The molecule has 78 valence electrons. The fourth-order valence-electron chi connectivity index (χ4n) is 1.15. The van der Waals surface area contributed by atoms with Crippen molar-refractivity contribution in [3.63, 3.8) is 0 Å². The number of nitrogens with zero attached hydrogens (tertiary/aromatic N) is 2. The Hall–Kier alpha value is -1.40. The Kier molecular flexibility index (Phi) is 3.61. The molecular weight excluding hydrogens is 184 g/mol. The lowest BCUT2D eigenvalue weighted by atomic mass is 10.2. The van der Waals surface area contributed by atoms with Crippen LogP contribution < -0.4 is 11.5 Å². The van der Waals surface area contributed by atoms with Gasteiger partial charge in [0.25, 0.3) is 0 Å². The Bertz CT molecular complexity index is 310. The molecule has 0 bridgehead atoms. The van der Waals surface area contributed by atoms with Crippen LogP contribution in [0, 0.1) is 0 Å². The topological polar surface area (TPSA) is 107 Å². The van der Waals surface area contributed by atoms with Crippen LogP contribution in [0.2, 0.25) is 0 Å². The van der Waals surface area contributed by atoms with Crippen molar-refractivity contribution in [2.24, 2.45) is 11.5 Å². The Morgan fingerprint density at radius 1 is 1.71 bits per heavy atom. The number of aliphatic hydroxyl groups excluding tert-OH is 1. The first-order chi connectivity index (χ1) is 6.65. The third-order valence-electron chi connectivity index (χ3n) is 1.92. The lowest BCUT2D eigenvalue weighted by Crippen LogP contribution is -2.20. The number of hydrogen-bond acceptors (Lipinski definition) is 4. The van der Waals surface area contributed by atoms with Gasteiger partial charge >= 0.3 is 0 Å². The highest BCUT2D eigenvalue weighted by Crippen LogP contribution is 2.09. The minimum Gasteiger partial charge on any atom is -0.394 e. The number of carbonyl (C=O) groups excluding carboxylic acids is 1. The Morgan fingerprint density at radius 2 is 2.43 bits per heavy atom. The molecule has 0 aliphatic heterocycles. The van der Waals surface area contributed by atoms with Crippen molar-refractivity contribution < 1.29 is 9.90 Å². The number of imidazole rings is 1. The molecule has 0 aliphatic rings. The van der Waals surface area contributed by atoms with Gasteiger partial charge in [0, 0.05) is 19.2 Å². The summed E-state index contributed by atoms with van der Waals surface area (Å²) in [7, 11) is 0.